The van der Waals surface area contributed by atoms with E-state index in [9.17, 15) is 10.2 Å². The standard InChI is InChI=1S/C29H36FN3O3/c1-16-19-6-5-17(13-21(19)32-31-16)20-7-8-23-26(20,2)10-9-18-14-29(30)25(35)24(34)22(33(3)4)15-27(29)11-12-28(18,23)36-27/h5-7,9,13,22-25,34-35H,8,10-12,14-15H2,1-4H3,(H,31,32). The van der Waals surface area contributed by atoms with E-state index in [-0.39, 0.29) is 23.8 Å². The first-order chi connectivity index (χ1) is 17.0. The van der Waals surface area contributed by atoms with E-state index in [1.165, 1.54) is 11.1 Å². The van der Waals surface area contributed by atoms with Crippen LogP contribution >= 0.6 is 0 Å². The number of nitrogens with zero attached hydrogens (tertiary/aromatic N) is 2. The largest absolute Gasteiger partial charge is 0.389 e. The van der Waals surface area contributed by atoms with Gasteiger partial charge in [-0.25, -0.2) is 4.39 Å². The van der Waals surface area contributed by atoms with Gasteiger partial charge in [-0.1, -0.05) is 31.2 Å². The average molecular weight is 494 g/mol. The molecule has 0 amide bonds. The van der Waals surface area contributed by atoms with E-state index >= 15 is 4.39 Å². The van der Waals surface area contributed by atoms with E-state index in [0.717, 1.165) is 41.4 Å². The van der Waals surface area contributed by atoms with Crippen LogP contribution in [0.3, 0.4) is 0 Å². The number of benzene rings is 1. The second-order valence-corrected chi connectivity index (χ2v) is 12.5. The van der Waals surface area contributed by atoms with Gasteiger partial charge in [-0.3, -0.25) is 5.10 Å². The quantitative estimate of drug-likeness (QED) is 0.550. The van der Waals surface area contributed by atoms with Crippen molar-refractivity contribution in [2.75, 3.05) is 14.1 Å². The molecule has 192 valence electrons. The van der Waals surface area contributed by atoms with Crippen molar-refractivity contribution in [2.45, 2.75) is 87.5 Å². The number of rotatable bonds is 2. The maximum Gasteiger partial charge on any atom is 0.171 e. The van der Waals surface area contributed by atoms with E-state index in [0.29, 0.717) is 12.8 Å². The van der Waals surface area contributed by atoms with E-state index < -0.39 is 29.1 Å². The predicted molar refractivity (Wildman–Crippen MR) is 136 cm³/mol. The fraction of sp³-hybridized carbons (Fsp3) is 0.621. The molecule has 2 saturated heterocycles. The van der Waals surface area contributed by atoms with Crippen LogP contribution in [0.25, 0.3) is 16.5 Å². The van der Waals surface area contributed by atoms with Crippen molar-refractivity contribution in [1.82, 2.24) is 15.1 Å². The average Bonchev–Trinajstić information content (AvgIpc) is 3.51. The molecule has 2 bridgehead atoms. The minimum atomic E-state index is -1.98. The lowest BCUT2D eigenvalue weighted by Crippen LogP contribution is -2.73. The van der Waals surface area contributed by atoms with Gasteiger partial charge >= 0.3 is 0 Å². The fourth-order valence-corrected chi connectivity index (χ4v) is 8.74. The lowest BCUT2D eigenvalue weighted by molar-refractivity contribution is -0.282. The monoisotopic (exact) mass is 493 g/mol. The molecule has 0 radical (unpaired) electrons. The van der Waals surface area contributed by atoms with Crippen molar-refractivity contribution < 1.29 is 19.3 Å². The third-order valence-electron chi connectivity index (χ3n) is 10.7. The van der Waals surface area contributed by atoms with Crippen molar-refractivity contribution in [3.05, 3.63) is 47.2 Å². The zero-order chi connectivity index (χ0) is 25.3. The van der Waals surface area contributed by atoms with Gasteiger partial charge in [0.2, 0.25) is 0 Å². The number of aliphatic hydroxyl groups excluding tert-OH is 2. The number of fused-ring (bicyclic) bond motifs is 2. The number of halogens is 1. The molecule has 36 heavy (non-hydrogen) atoms. The van der Waals surface area contributed by atoms with E-state index in [4.69, 9.17) is 4.74 Å². The molecule has 7 heteroatoms. The minimum Gasteiger partial charge on any atom is -0.389 e. The molecule has 1 aromatic heterocycles. The van der Waals surface area contributed by atoms with Gasteiger partial charge in [0.25, 0.3) is 0 Å². The number of aliphatic hydroxyl groups is 2. The Bertz CT molecular complexity index is 1330. The summed E-state index contributed by atoms with van der Waals surface area (Å²) in [5.41, 5.74) is 1.85. The summed E-state index contributed by atoms with van der Waals surface area (Å²) in [7, 11) is 3.76. The molecule has 6 nitrogen and oxygen atoms in total. The maximum absolute atomic E-state index is 16.9. The molecule has 3 aliphatic carbocycles. The Morgan fingerprint density at radius 3 is 2.78 bits per heavy atom. The first-order valence-corrected chi connectivity index (χ1v) is 13.3. The van der Waals surface area contributed by atoms with Gasteiger partial charge in [-0.05, 0) is 75.9 Å². The van der Waals surface area contributed by atoms with Crippen LogP contribution in [0.4, 0.5) is 4.39 Å². The number of nitrogens with one attached hydrogen (secondary N) is 1. The highest BCUT2D eigenvalue weighted by Crippen LogP contribution is 2.70. The van der Waals surface area contributed by atoms with Crippen LogP contribution in [0.5, 0.6) is 0 Å². The fourth-order valence-electron chi connectivity index (χ4n) is 8.74. The normalized spacial score (nSPS) is 45.3. The lowest BCUT2D eigenvalue weighted by Gasteiger charge is -2.61. The third kappa shape index (κ3) is 2.58. The Morgan fingerprint density at radius 2 is 2.00 bits per heavy atom. The maximum atomic E-state index is 16.9. The third-order valence-corrected chi connectivity index (χ3v) is 10.7. The molecule has 2 spiro atoms. The number of aryl methyl sites for hydroxylation is 1. The second-order valence-electron chi connectivity index (χ2n) is 12.5. The first kappa shape index (κ1) is 23.1. The SMILES string of the molecule is Cc1[nH]nc2cc(C3=CCC4C3(C)CC=C3CC5(F)C(O)C(O)C(N(C)C)CC56CCC34O6)ccc12. The Hall–Kier alpha value is -2.06. The van der Waals surface area contributed by atoms with Gasteiger partial charge in [-0.15, -0.1) is 0 Å². The molecular weight excluding hydrogens is 457 g/mol. The van der Waals surface area contributed by atoms with Crippen LogP contribution in [0.2, 0.25) is 0 Å². The number of aromatic amines is 1. The molecule has 1 saturated carbocycles. The molecular formula is C29H36FN3O3. The summed E-state index contributed by atoms with van der Waals surface area (Å²) >= 11 is 0. The molecule has 1 aromatic carbocycles. The number of alkyl halides is 1. The Kier molecular flexibility index (Phi) is 4.53. The van der Waals surface area contributed by atoms with Crippen LogP contribution in [0.1, 0.15) is 56.7 Å². The Balaban J connectivity index is 1.29. The number of aromatic nitrogens is 2. The summed E-state index contributed by atoms with van der Waals surface area (Å²) in [4.78, 5) is 1.90. The van der Waals surface area contributed by atoms with Crippen molar-refractivity contribution in [2.24, 2.45) is 11.3 Å². The molecule has 8 unspecified atom stereocenters. The molecule has 2 aromatic rings. The highest BCUT2D eigenvalue weighted by Gasteiger charge is 2.76. The zero-order valence-electron chi connectivity index (χ0n) is 21.5. The number of hydrogen-bond acceptors (Lipinski definition) is 5. The summed E-state index contributed by atoms with van der Waals surface area (Å²) in [6.07, 6.45) is 5.51. The molecule has 2 aliphatic heterocycles. The summed E-state index contributed by atoms with van der Waals surface area (Å²) < 4.78 is 23.9. The second kappa shape index (κ2) is 7.07. The van der Waals surface area contributed by atoms with Gasteiger partial charge in [0.05, 0.1) is 17.2 Å². The highest BCUT2D eigenvalue weighted by atomic mass is 19.1. The van der Waals surface area contributed by atoms with Gasteiger partial charge in [0, 0.05) is 34.9 Å². The van der Waals surface area contributed by atoms with E-state index in [1.54, 1.807) is 0 Å². The summed E-state index contributed by atoms with van der Waals surface area (Å²) in [5.74, 6) is 0.211. The molecule has 3 fully saturated rings. The number of hydrogen-bond donors (Lipinski definition) is 3. The van der Waals surface area contributed by atoms with Gasteiger partial charge < -0.3 is 19.8 Å². The topological polar surface area (TPSA) is 81.6 Å². The van der Waals surface area contributed by atoms with Crippen molar-refractivity contribution in [3.63, 3.8) is 0 Å². The molecule has 8 atom stereocenters. The van der Waals surface area contributed by atoms with Gasteiger partial charge in [0.1, 0.15) is 11.7 Å². The van der Waals surface area contributed by atoms with Crippen LogP contribution in [0, 0.1) is 18.3 Å². The summed E-state index contributed by atoms with van der Waals surface area (Å²) in [5, 5.41) is 30.6. The van der Waals surface area contributed by atoms with Crippen LogP contribution in [0.15, 0.2) is 35.9 Å². The predicted octanol–water partition coefficient (Wildman–Crippen LogP) is 4.07. The van der Waals surface area contributed by atoms with Crippen LogP contribution in [-0.2, 0) is 4.74 Å². The number of H-pyrrole nitrogens is 1. The Labute approximate surface area is 211 Å². The molecule has 3 N–H and O–H groups in total. The highest BCUT2D eigenvalue weighted by molar-refractivity contribution is 5.86. The Morgan fingerprint density at radius 1 is 1.19 bits per heavy atom. The van der Waals surface area contributed by atoms with Gasteiger partial charge in [0.15, 0.2) is 5.67 Å². The summed E-state index contributed by atoms with van der Waals surface area (Å²) in [6.45, 7) is 4.38. The number of ether oxygens (including phenoxy) is 1. The smallest absolute Gasteiger partial charge is 0.171 e. The van der Waals surface area contributed by atoms with Crippen molar-refractivity contribution in [1.29, 1.82) is 0 Å². The van der Waals surface area contributed by atoms with E-state index in [1.807, 2.05) is 25.9 Å². The van der Waals surface area contributed by atoms with Crippen molar-refractivity contribution in [3.8, 4) is 0 Å². The molecule has 5 aliphatic rings. The van der Waals surface area contributed by atoms with Gasteiger partial charge in [-0.2, -0.15) is 5.10 Å². The van der Waals surface area contributed by atoms with Crippen LogP contribution < -0.4 is 0 Å². The van der Waals surface area contributed by atoms with Crippen LogP contribution in [-0.4, -0.2) is 74.5 Å². The summed E-state index contributed by atoms with van der Waals surface area (Å²) in [6, 6.07) is 6.19. The van der Waals surface area contributed by atoms with Crippen molar-refractivity contribution >= 4 is 16.5 Å². The molecule has 7 rings (SSSR count). The minimum absolute atomic E-state index is 0.127. The van der Waals surface area contributed by atoms with E-state index in [2.05, 4.69) is 47.5 Å². The molecule has 3 heterocycles. The first-order valence-electron chi connectivity index (χ1n) is 13.3. The lowest BCUT2D eigenvalue weighted by atomic mass is 9.56. The number of likely N-dealkylation sites (N-methyl/N-ethyl adjacent to an activating group) is 1. The zero-order valence-corrected chi connectivity index (χ0v) is 21.5. The number of allylic oxidation sites excluding steroid dienone is 3.